The molecule has 0 aliphatic rings. The first-order valence-electron chi connectivity index (χ1n) is 9.97. The number of hydrogen-bond acceptors (Lipinski definition) is 6. The lowest BCUT2D eigenvalue weighted by atomic mass is 10.1. The van der Waals surface area contributed by atoms with Gasteiger partial charge in [0.05, 0.1) is 24.7 Å². The Morgan fingerprint density at radius 3 is 2.58 bits per heavy atom. The summed E-state index contributed by atoms with van der Waals surface area (Å²) in [6, 6.07) is 17.6. The second-order valence-electron chi connectivity index (χ2n) is 7.15. The number of ether oxygens (including phenoxy) is 2. The summed E-state index contributed by atoms with van der Waals surface area (Å²) in [5, 5.41) is 15.0. The molecule has 1 amide bonds. The highest BCUT2D eigenvalue weighted by Gasteiger charge is 2.15. The molecule has 0 aliphatic heterocycles. The molecule has 33 heavy (non-hydrogen) atoms. The van der Waals surface area contributed by atoms with Gasteiger partial charge in [-0.15, -0.1) is 0 Å². The Morgan fingerprint density at radius 2 is 1.88 bits per heavy atom. The van der Waals surface area contributed by atoms with Crippen LogP contribution in [0, 0.1) is 17.0 Å². The van der Waals surface area contributed by atoms with Crippen LogP contribution in [0.3, 0.4) is 0 Å². The lowest BCUT2D eigenvalue weighted by molar-refractivity contribution is -0.385. The molecule has 0 atom stereocenters. The maximum Gasteiger partial charge on any atom is 0.273 e. The van der Waals surface area contributed by atoms with Crippen molar-refractivity contribution in [2.75, 3.05) is 7.11 Å². The summed E-state index contributed by atoms with van der Waals surface area (Å²) in [5.41, 5.74) is 5.46. The molecule has 0 saturated heterocycles. The van der Waals surface area contributed by atoms with Crippen LogP contribution in [-0.4, -0.2) is 24.2 Å². The summed E-state index contributed by atoms with van der Waals surface area (Å²) in [4.78, 5) is 22.7. The van der Waals surface area contributed by atoms with E-state index in [9.17, 15) is 14.9 Å². The number of nitro benzene ring substituents is 1. The first-order chi connectivity index (χ1) is 15.9. The standard InChI is InChI=1S/C24H22BrN3O5/c1-16-7-9-17(10-8-16)15-33-23-13-20(25)19(11-22(23)32-2)14-26-27-24(29)12-18-5-3-4-6-21(18)28(30)31/h3-11,13-14H,12,15H2,1-2H3,(H,27,29)/b26-14+. The van der Waals surface area contributed by atoms with E-state index in [1.54, 1.807) is 24.3 Å². The van der Waals surface area contributed by atoms with Crippen molar-refractivity contribution in [3.8, 4) is 11.5 Å². The number of hydrogen-bond donors (Lipinski definition) is 1. The predicted octanol–water partition coefficient (Wildman–Crippen LogP) is 4.95. The minimum Gasteiger partial charge on any atom is -0.493 e. The maximum absolute atomic E-state index is 12.2. The van der Waals surface area contributed by atoms with Crippen molar-refractivity contribution in [1.29, 1.82) is 0 Å². The summed E-state index contributed by atoms with van der Waals surface area (Å²) in [6.07, 6.45) is 1.29. The van der Waals surface area contributed by atoms with Crippen LogP contribution in [0.15, 0.2) is 70.2 Å². The summed E-state index contributed by atoms with van der Waals surface area (Å²) in [5.74, 6) is 0.599. The molecule has 0 aromatic heterocycles. The third-order valence-electron chi connectivity index (χ3n) is 4.73. The lowest BCUT2D eigenvalue weighted by Gasteiger charge is -2.13. The van der Waals surface area contributed by atoms with Gasteiger partial charge >= 0.3 is 0 Å². The fourth-order valence-corrected chi connectivity index (χ4v) is 3.42. The molecular formula is C24H22BrN3O5. The molecule has 0 unspecified atom stereocenters. The van der Waals surface area contributed by atoms with Gasteiger partial charge in [-0.1, -0.05) is 48.0 Å². The number of amides is 1. The monoisotopic (exact) mass is 511 g/mol. The molecule has 0 aliphatic carbocycles. The Kier molecular flexibility index (Phi) is 8.15. The fourth-order valence-electron chi connectivity index (χ4n) is 2.99. The maximum atomic E-state index is 12.2. The van der Waals surface area contributed by atoms with Gasteiger partial charge < -0.3 is 9.47 Å². The summed E-state index contributed by atoms with van der Waals surface area (Å²) in [6.45, 7) is 2.41. The average Bonchev–Trinajstić information content (AvgIpc) is 2.80. The van der Waals surface area contributed by atoms with Crippen molar-refractivity contribution in [2.24, 2.45) is 5.10 Å². The average molecular weight is 512 g/mol. The predicted molar refractivity (Wildman–Crippen MR) is 129 cm³/mol. The molecule has 0 bridgehead atoms. The van der Waals surface area contributed by atoms with E-state index < -0.39 is 10.8 Å². The third kappa shape index (κ3) is 6.63. The largest absolute Gasteiger partial charge is 0.493 e. The summed E-state index contributed by atoms with van der Waals surface area (Å²) >= 11 is 3.48. The van der Waals surface area contributed by atoms with Crippen molar-refractivity contribution in [3.63, 3.8) is 0 Å². The van der Waals surface area contributed by atoms with E-state index in [0.29, 0.717) is 33.7 Å². The Hall–Kier alpha value is -3.72. The number of benzene rings is 3. The van der Waals surface area contributed by atoms with Crippen LogP contribution in [0.1, 0.15) is 22.3 Å². The van der Waals surface area contributed by atoms with Crippen LogP contribution in [0.2, 0.25) is 0 Å². The number of halogens is 1. The molecule has 1 N–H and O–H groups in total. The van der Waals surface area contributed by atoms with E-state index in [1.165, 1.54) is 31.0 Å². The zero-order valence-electron chi connectivity index (χ0n) is 18.1. The highest BCUT2D eigenvalue weighted by molar-refractivity contribution is 9.10. The van der Waals surface area contributed by atoms with Crippen molar-refractivity contribution in [2.45, 2.75) is 20.0 Å². The van der Waals surface area contributed by atoms with Gasteiger partial charge in [-0.25, -0.2) is 5.43 Å². The van der Waals surface area contributed by atoms with E-state index in [0.717, 1.165) is 5.56 Å². The zero-order valence-corrected chi connectivity index (χ0v) is 19.7. The topological polar surface area (TPSA) is 103 Å². The van der Waals surface area contributed by atoms with Crippen molar-refractivity contribution in [3.05, 3.63) is 97.5 Å². The number of nitro groups is 1. The van der Waals surface area contributed by atoms with Crippen molar-refractivity contribution < 1.29 is 19.2 Å². The molecule has 3 aromatic rings. The first-order valence-corrected chi connectivity index (χ1v) is 10.8. The van der Waals surface area contributed by atoms with Crippen LogP contribution in [-0.2, 0) is 17.8 Å². The highest BCUT2D eigenvalue weighted by atomic mass is 79.9. The molecule has 9 heteroatoms. The Labute approximate surface area is 199 Å². The zero-order chi connectivity index (χ0) is 23.8. The van der Waals surface area contributed by atoms with Gasteiger partial charge in [0, 0.05) is 21.7 Å². The smallest absolute Gasteiger partial charge is 0.273 e. The van der Waals surface area contributed by atoms with Gasteiger partial charge in [0.2, 0.25) is 5.91 Å². The molecule has 3 rings (SSSR count). The van der Waals surface area contributed by atoms with Gasteiger partial charge in [0.1, 0.15) is 6.61 Å². The van der Waals surface area contributed by atoms with E-state index in [-0.39, 0.29) is 12.1 Å². The van der Waals surface area contributed by atoms with Crippen LogP contribution in [0.5, 0.6) is 11.5 Å². The quantitative estimate of drug-likeness (QED) is 0.248. The van der Waals surface area contributed by atoms with Gasteiger partial charge in [-0.05, 0) is 40.5 Å². The number of rotatable bonds is 9. The molecule has 3 aromatic carbocycles. The molecule has 0 fully saturated rings. The molecule has 0 heterocycles. The molecular weight excluding hydrogens is 490 g/mol. The second-order valence-corrected chi connectivity index (χ2v) is 8.01. The second kappa shape index (κ2) is 11.2. The van der Waals surface area contributed by atoms with E-state index in [4.69, 9.17) is 9.47 Å². The number of methoxy groups -OCH3 is 1. The Morgan fingerprint density at radius 1 is 1.15 bits per heavy atom. The van der Waals surface area contributed by atoms with Gasteiger partial charge in [0.15, 0.2) is 11.5 Å². The number of carbonyl (C=O) groups excluding carboxylic acids is 1. The summed E-state index contributed by atoms with van der Waals surface area (Å²) < 4.78 is 12.0. The Balaban J connectivity index is 1.65. The van der Waals surface area contributed by atoms with E-state index in [2.05, 4.69) is 26.5 Å². The molecule has 0 saturated carbocycles. The number of hydrazone groups is 1. The summed E-state index contributed by atoms with van der Waals surface area (Å²) in [7, 11) is 1.54. The molecule has 170 valence electrons. The van der Waals surface area contributed by atoms with Crippen LogP contribution >= 0.6 is 15.9 Å². The minimum absolute atomic E-state index is 0.106. The normalized spacial score (nSPS) is 10.8. The van der Waals surface area contributed by atoms with Crippen LogP contribution < -0.4 is 14.9 Å². The van der Waals surface area contributed by atoms with Crippen LogP contribution in [0.25, 0.3) is 0 Å². The Bertz CT molecular complexity index is 1180. The molecule has 0 spiro atoms. The first kappa shape index (κ1) is 23.9. The van der Waals surface area contributed by atoms with Crippen molar-refractivity contribution >= 4 is 33.7 Å². The molecule has 0 radical (unpaired) electrons. The number of nitrogens with zero attached hydrogens (tertiary/aromatic N) is 2. The van der Waals surface area contributed by atoms with Gasteiger partial charge in [-0.3, -0.25) is 14.9 Å². The van der Waals surface area contributed by atoms with E-state index in [1.807, 2.05) is 31.2 Å². The van der Waals surface area contributed by atoms with E-state index >= 15 is 0 Å². The van der Waals surface area contributed by atoms with Gasteiger partial charge in [0.25, 0.3) is 5.69 Å². The third-order valence-corrected chi connectivity index (χ3v) is 5.42. The highest BCUT2D eigenvalue weighted by Crippen LogP contribution is 2.33. The molecule has 8 nitrogen and oxygen atoms in total. The number of nitrogens with one attached hydrogen (secondary N) is 1. The lowest BCUT2D eigenvalue weighted by Crippen LogP contribution is -2.20. The van der Waals surface area contributed by atoms with Crippen molar-refractivity contribution in [1.82, 2.24) is 5.43 Å². The number of carbonyl (C=O) groups is 1. The fraction of sp³-hybridized carbons (Fsp3) is 0.167. The number of aryl methyl sites for hydroxylation is 1. The number of para-hydroxylation sites is 1. The minimum atomic E-state index is -0.516. The van der Waals surface area contributed by atoms with Gasteiger partial charge in [-0.2, -0.15) is 5.10 Å². The SMILES string of the molecule is COc1cc(/C=N/NC(=O)Cc2ccccc2[N+](=O)[O-])c(Br)cc1OCc1ccc(C)cc1. The van der Waals surface area contributed by atoms with Crippen LogP contribution in [0.4, 0.5) is 5.69 Å².